The van der Waals surface area contributed by atoms with Crippen LogP contribution in [0.5, 0.6) is 5.75 Å². The molecule has 0 radical (unpaired) electrons. The number of phenols is 1. The average molecular weight is 420 g/mol. The second kappa shape index (κ2) is 8.30. The molecule has 6 heteroatoms. The molecule has 2 N–H and O–H groups in total. The second-order valence-electron chi connectivity index (χ2n) is 7.26. The summed E-state index contributed by atoms with van der Waals surface area (Å²) in [6.45, 7) is 1.95. The molecule has 3 aromatic carbocycles. The van der Waals surface area contributed by atoms with Crippen LogP contribution in [0.2, 0.25) is 5.02 Å². The van der Waals surface area contributed by atoms with Gasteiger partial charge in [0.15, 0.2) is 5.82 Å². The molecule has 0 bridgehead atoms. The molecule has 0 aliphatic rings. The van der Waals surface area contributed by atoms with Crippen molar-refractivity contribution in [3.8, 4) is 17.1 Å². The lowest BCUT2D eigenvalue weighted by atomic mass is 10.0. The molecule has 5 nitrogen and oxygen atoms in total. The standard InChI is InChI=1S/C24H22ClN3O2/c1-15(22(30)16-8-4-3-5-9-16)28(2)24-18-13-12-17(25)14-20(18)26-23(27-24)19-10-6-7-11-21(19)29/h3-15,22,29-30H,1-2H3/t15-,22-/m0/s1. The first-order chi connectivity index (χ1) is 14.5. The minimum Gasteiger partial charge on any atom is -0.507 e. The van der Waals surface area contributed by atoms with Crippen LogP contribution >= 0.6 is 11.6 Å². The smallest absolute Gasteiger partial charge is 0.165 e. The van der Waals surface area contributed by atoms with Crippen LogP contribution in [0.15, 0.2) is 72.8 Å². The molecule has 30 heavy (non-hydrogen) atoms. The van der Waals surface area contributed by atoms with E-state index in [9.17, 15) is 10.2 Å². The third-order valence-corrected chi connectivity index (χ3v) is 5.56. The highest BCUT2D eigenvalue weighted by atomic mass is 35.5. The Morgan fingerprint density at radius 2 is 1.63 bits per heavy atom. The summed E-state index contributed by atoms with van der Waals surface area (Å²) in [6, 6.07) is 21.7. The fraction of sp³-hybridized carbons (Fsp3) is 0.167. The second-order valence-corrected chi connectivity index (χ2v) is 7.69. The Bertz CT molecular complexity index is 1180. The number of para-hydroxylation sites is 1. The third-order valence-electron chi connectivity index (χ3n) is 5.33. The van der Waals surface area contributed by atoms with Crippen molar-refractivity contribution < 1.29 is 10.2 Å². The monoisotopic (exact) mass is 419 g/mol. The number of aliphatic hydroxyl groups excluding tert-OH is 1. The van der Waals surface area contributed by atoms with Gasteiger partial charge in [-0.05, 0) is 42.8 Å². The molecule has 0 aliphatic carbocycles. The maximum Gasteiger partial charge on any atom is 0.165 e. The van der Waals surface area contributed by atoms with Crippen molar-refractivity contribution in [3.05, 3.63) is 83.4 Å². The highest BCUT2D eigenvalue weighted by Gasteiger charge is 2.24. The van der Waals surface area contributed by atoms with Gasteiger partial charge in [-0.3, -0.25) is 0 Å². The first-order valence-corrected chi connectivity index (χ1v) is 10.0. The van der Waals surface area contributed by atoms with Gasteiger partial charge in [-0.1, -0.05) is 54.1 Å². The lowest BCUT2D eigenvalue weighted by Gasteiger charge is -2.31. The van der Waals surface area contributed by atoms with E-state index in [0.29, 0.717) is 27.7 Å². The van der Waals surface area contributed by atoms with Gasteiger partial charge in [-0.25, -0.2) is 9.97 Å². The number of aliphatic hydroxyl groups is 1. The molecule has 0 amide bonds. The summed E-state index contributed by atoms with van der Waals surface area (Å²) >= 11 is 6.21. The predicted octanol–water partition coefficient (Wildman–Crippen LogP) is 5.21. The number of rotatable bonds is 5. The maximum atomic E-state index is 10.9. The van der Waals surface area contributed by atoms with E-state index in [4.69, 9.17) is 16.6 Å². The van der Waals surface area contributed by atoms with Gasteiger partial charge >= 0.3 is 0 Å². The Morgan fingerprint density at radius 1 is 0.933 bits per heavy atom. The van der Waals surface area contributed by atoms with Gasteiger partial charge in [0.25, 0.3) is 0 Å². The zero-order valence-electron chi connectivity index (χ0n) is 16.7. The quantitative estimate of drug-likeness (QED) is 0.464. The number of likely N-dealkylation sites (N-methyl/N-ethyl adjacent to an activating group) is 1. The van der Waals surface area contributed by atoms with Crippen molar-refractivity contribution >= 4 is 28.3 Å². The molecule has 0 unspecified atom stereocenters. The minimum atomic E-state index is -0.706. The molecule has 2 atom stereocenters. The van der Waals surface area contributed by atoms with Crippen molar-refractivity contribution in [1.29, 1.82) is 0 Å². The van der Waals surface area contributed by atoms with E-state index < -0.39 is 6.10 Å². The van der Waals surface area contributed by atoms with Crippen LogP contribution in [-0.4, -0.2) is 33.3 Å². The number of benzene rings is 3. The largest absolute Gasteiger partial charge is 0.507 e. The summed E-state index contributed by atoms with van der Waals surface area (Å²) in [5, 5.41) is 22.6. The Morgan fingerprint density at radius 3 is 2.37 bits per heavy atom. The van der Waals surface area contributed by atoms with Gasteiger partial charge in [-0.15, -0.1) is 0 Å². The number of phenolic OH excluding ortho intramolecular Hbond substituents is 1. The molecule has 1 aromatic heterocycles. The number of anilines is 1. The molecule has 4 rings (SSSR count). The predicted molar refractivity (Wildman–Crippen MR) is 121 cm³/mol. The molecular weight excluding hydrogens is 398 g/mol. The molecule has 0 fully saturated rings. The Kier molecular flexibility index (Phi) is 5.57. The van der Waals surface area contributed by atoms with Crippen molar-refractivity contribution in [2.45, 2.75) is 19.1 Å². The molecule has 4 aromatic rings. The lowest BCUT2D eigenvalue weighted by Crippen LogP contribution is -2.35. The van der Waals surface area contributed by atoms with E-state index in [-0.39, 0.29) is 11.8 Å². The number of halogens is 1. The van der Waals surface area contributed by atoms with Crippen LogP contribution in [0.4, 0.5) is 5.82 Å². The van der Waals surface area contributed by atoms with Crippen LogP contribution in [-0.2, 0) is 0 Å². The minimum absolute atomic E-state index is 0.102. The summed E-state index contributed by atoms with van der Waals surface area (Å²) in [5.74, 6) is 1.15. The van der Waals surface area contributed by atoms with Crippen LogP contribution in [0.3, 0.4) is 0 Å². The van der Waals surface area contributed by atoms with Gasteiger partial charge < -0.3 is 15.1 Å². The Hall–Kier alpha value is -3.15. The van der Waals surface area contributed by atoms with Crippen molar-refractivity contribution in [3.63, 3.8) is 0 Å². The van der Waals surface area contributed by atoms with Crippen molar-refractivity contribution in [2.75, 3.05) is 11.9 Å². The number of hydrogen-bond acceptors (Lipinski definition) is 5. The topological polar surface area (TPSA) is 69.5 Å². The van der Waals surface area contributed by atoms with Gasteiger partial charge in [-0.2, -0.15) is 0 Å². The van der Waals surface area contributed by atoms with E-state index in [2.05, 4.69) is 4.98 Å². The number of fused-ring (bicyclic) bond motifs is 1. The van der Waals surface area contributed by atoms with Crippen LogP contribution in [0.25, 0.3) is 22.3 Å². The zero-order chi connectivity index (χ0) is 21.3. The van der Waals surface area contributed by atoms with E-state index in [1.165, 1.54) is 0 Å². The molecule has 152 valence electrons. The molecule has 0 saturated heterocycles. The fourth-order valence-corrected chi connectivity index (χ4v) is 3.64. The highest BCUT2D eigenvalue weighted by molar-refractivity contribution is 6.31. The van der Waals surface area contributed by atoms with Crippen molar-refractivity contribution in [2.24, 2.45) is 0 Å². The SMILES string of the molecule is C[C@@H]([C@H](O)c1ccccc1)N(C)c1nc(-c2ccccc2O)nc2cc(Cl)ccc12. The number of nitrogens with zero attached hydrogens (tertiary/aromatic N) is 3. The summed E-state index contributed by atoms with van der Waals surface area (Å²) in [4.78, 5) is 11.3. The Balaban J connectivity index is 1.83. The first kappa shape index (κ1) is 20.1. The number of hydrogen-bond donors (Lipinski definition) is 2. The van der Waals surface area contributed by atoms with Crippen LogP contribution in [0, 0.1) is 0 Å². The van der Waals surface area contributed by atoms with E-state index >= 15 is 0 Å². The molecule has 0 aliphatic heterocycles. The molecule has 0 saturated carbocycles. The van der Waals surface area contributed by atoms with Crippen molar-refractivity contribution in [1.82, 2.24) is 9.97 Å². The van der Waals surface area contributed by atoms with Gasteiger partial charge in [0.2, 0.25) is 0 Å². The summed E-state index contributed by atoms with van der Waals surface area (Å²) < 4.78 is 0. The van der Waals surface area contributed by atoms with Crippen LogP contribution < -0.4 is 4.90 Å². The highest BCUT2D eigenvalue weighted by Crippen LogP contribution is 2.34. The molecular formula is C24H22ClN3O2. The maximum absolute atomic E-state index is 10.9. The number of aromatic hydroxyl groups is 1. The number of aromatic nitrogens is 2. The first-order valence-electron chi connectivity index (χ1n) is 9.67. The average Bonchev–Trinajstić information content (AvgIpc) is 2.77. The normalized spacial score (nSPS) is 13.2. The zero-order valence-corrected chi connectivity index (χ0v) is 17.5. The molecule has 0 spiro atoms. The Labute approximate surface area is 180 Å². The van der Waals surface area contributed by atoms with Gasteiger partial charge in [0, 0.05) is 17.5 Å². The van der Waals surface area contributed by atoms with Gasteiger partial charge in [0.1, 0.15) is 11.6 Å². The van der Waals surface area contributed by atoms with E-state index in [1.54, 1.807) is 30.3 Å². The third kappa shape index (κ3) is 3.82. The van der Waals surface area contributed by atoms with E-state index in [0.717, 1.165) is 10.9 Å². The fourth-order valence-electron chi connectivity index (χ4n) is 3.47. The lowest BCUT2D eigenvalue weighted by molar-refractivity contribution is 0.150. The molecule has 1 heterocycles. The summed E-state index contributed by atoms with van der Waals surface area (Å²) in [7, 11) is 1.89. The van der Waals surface area contributed by atoms with E-state index in [1.807, 2.05) is 61.3 Å². The summed E-state index contributed by atoms with van der Waals surface area (Å²) in [5.41, 5.74) is 2.03. The van der Waals surface area contributed by atoms with Gasteiger partial charge in [0.05, 0.1) is 23.2 Å². The van der Waals surface area contributed by atoms with Crippen LogP contribution in [0.1, 0.15) is 18.6 Å². The summed E-state index contributed by atoms with van der Waals surface area (Å²) in [6.07, 6.45) is -0.706.